The monoisotopic (exact) mass is 307 g/mol. The molecule has 0 aliphatic rings. The van der Waals surface area contributed by atoms with Crippen LogP contribution in [0, 0.1) is 0 Å². The normalized spacial score (nSPS) is 14.2. The van der Waals surface area contributed by atoms with Crippen LogP contribution in [0.25, 0.3) is 0 Å². The highest BCUT2D eigenvalue weighted by atomic mass is 28.4. The van der Waals surface area contributed by atoms with Crippen LogP contribution in [0.1, 0.15) is 6.42 Å². The topological polar surface area (TPSA) is 46.2 Å². The smallest absolute Gasteiger partial charge is 0.377 e. The Labute approximate surface area is 125 Å². The first kappa shape index (κ1) is 20.0. The standard InChI is InChI=1S/C13H33N3O3Si/c1-14-13(12-16(4)10-9-15(2)3)8-11-20(17-5,18-6)19-7/h13-14H,8-12H2,1-7H3. The maximum atomic E-state index is 5.46. The fourth-order valence-electron chi connectivity index (χ4n) is 2.07. The minimum atomic E-state index is -2.45. The van der Waals surface area contributed by atoms with Crippen LogP contribution in [0.4, 0.5) is 0 Å². The van der Waals surface area contributed by atoms with E-state index in [2.05, 4.69) is 36.3 Å². The lowest BCUT2D eigenvalue weighted by Gasteiger charge is -2.28. The minimum absolute atomic E-state index is 0.412. The van der Waals surface area contributed by atoms with Crippen molar-refractivity contribution >= 4 is 8.80 Å². The Balaban J connectivity index is 4.20. The Morgan fingerprint density at radius 2 is 1.55 bits per heavy atom. The van der Waals surface area contributed by atoms with Gasteiger partial charge in [-0.3, -0.25) is 0 Å². The lowest BCUT2D eigenvalue weighted by molar-refractivity contribution is 0.121. The summed E-state index contributed by atoms with van der Waals surface area (Å²) in [4.78, 5) is 4.54. The van der Waals surface area contributed by atoms with Crippen molar-refractivity contribution in [3.63, 3.8) is 0 Å². The van der Waals surface area contributed by atoms with E-state index in [1.165, 1.54) is 0 Å². The quantitative estimate of drug-likeness (QED) is 0.525. The van der Waals surface area contributed by atoms with Crippen molar-refractivity contribution in [1.82, 2.24) is 15.1 Å². The molecule has 0 aliphatic heterocycles. The van der Waals surface area contributed by atoms with Gasteiger partial charge in [-0.1, -0.05) is 0 Å². The summed E-state index contributed by atoms with van der Waals surface area (Å²) in [5, 5.41) is 3.37. The molecule has 0 saturated heterocycles. The second-order valence-electron chi connectivity index (χ2n) is 5.39. The van der Waals surface area contributed by atoms with Crippen LogP contribution >= 0.6 is 0 Å². The van der Waals surface area contributed by atoms with E-state index in [9.17, 15) is 0 Å². The maximum Gasteiger partial charge on any atom is 0.500 e. The summed E-state index contributed by atoms with van der Waals surface area (Å²) in [7, 11) is 10.9. The second kappa shape index (κ2) is 10.7. The molecule has 0 spiro atoms. The van der Waals surface area contributed by atoms with Gasteiger partial charge in [0.25, 0.3) is 0 Å². The van der Waals surface area contributed by atoms with Crippen molar-refractivity contribution in [3.8, 4) is 0 Å². The van der Waals surface area contributed by atoms with Crippen molar-refractivity contribution in [1.29, 1.82) is 0 Å². The van der Waals surface area contributed by atoms with Gasteiger partial charge in [0.1, 0.15) is 0 Å². The molecular formula is C13H33N3O3Si. The van der Waals surface area contributed by atoms with E-state index in [1.54, 1.807) is 21.3 Å². The third-order valence-corrected chi connectivity index (χ3v) is 6.37. The van der Waals surface area contributed by atoms with Crippen molar-refractivity contribution in [3.05, 3.63) is 0 Å². The van der Waals surface area contributed by atoms with E-state index >= 15 is 0 Å². The van der Waals surface area contributed by atoms with Crippen LogP contribution in [0.3, 0.4) is 0 Å². The minimum Gasteiger partial charge on any atom is -0.377 e. The van der Waals surface area contributed by atoms with Crippen LogP contribution < -0.4 is 5.32 Å². The average Bonchev–Trinajstić information content (AvgIpc) is 2.45. The van der Waals surface area contributed by atoms with Crippen molar-refractivity contribution in [2.45, 2.75) is 18.5 Å². The highest BCUT2D eigenvalue weighted by molar-refractivity contribution is 6.60. The highest BCUT2D eigenvalue weighted by Gasteiger charge is 2.37. The maximum absolute atomic E-state index is 5.46. The molecule has 7 heteroatoms. The molecular weight excluding hydrogens is 274 g/mol. The van der Waals surface area contributed by atoms with Gasteiger partial charge in [-0.25, -0.2) is 0 Å². The van der Waals surface area contributed by atoms with E-state index in [1.807, 2.05) is 7.05 Å². The van der Waals surface area contributed by atoms with Crippen molar-refractivity contribution in [2.75, 3.05) is 69.2 Å². The second-order valence-corrected chi connectivity index (χ2v) is 8.48. The first-order chi connectivity index (χ1) is 9.42. The molecule has 122 valence electrons. The van der Waals surface area contributed by atoms with Crippen LogP contribution in [0.15, 0.2) is 0 Å². The molecule has 1 atom stereocenters. The van der Waals surface area contributed by atoms with Crippen LogP contribution in [0.5, 0.6) is 0 Å². The molecule has 0 aromatic heterocycles. The van der Waals surface area contributed by atoms with E-state index in [-0.39, 0.29) is 0 Å². The van der Waals surface area contributed by atoms with Crippen LogP contribution in [0.2, 0.25) is 6.04 Å². The molecule has 6 nitrogen and oxygen atoms in total. The first-order valence-corrected chi connectivity index (χ1v) is 9.02. The predicted molar refractivity (Wildman–Crippen MR) is 85.1 cm³/mol. The molecule has 0 radical (unpaired) electrons. The molecule has 0 fully saturated rings. The summed E-state index contributed by atoms with van der Waals surface area (Å²) in [5.41, 5.74) is 0. The van der Waals surface area contributed by atoms with Gasteiger partial charge in [0.05, 0.1) is 0 Å². The Morgan fingerprint density at radius 3 is 1.95 bits per heavy atom. The predicted octanol–water partition coefficient (Wildman–Crippen LogP) is 0.336. The third-order valence-electron chi connectivity index (χ3n) is 3.60. The van der Waals surface area contributed by atoms with Gasteiger partial charge in [0.15, 0.2) is 0 Å². The van der Waals surface area contributed by atoms with Gasteiger partial charge < -0.3 is 28.4 Å². The van der Waals surface area contributed by atoms with Gasteiger partial charge >= 0.3 is 8.80 Å². The lowest BCUT2D eigenvalue weighted by atomic mass is 10.2. The van der Waals surface area contributed by atoms with Crippen molar-refractivity contribution in [2.24, 2.45) is 0 Å². The van der Waals surface area contributed by atoms with Gasteiger partial charge in [-0.2, -0.15) is 0 Å². The lowest BCUT2D eigenvalue weighted by Crippen LogP contribution is -2.46. The van der Waals surface area contributed by atoms with Gasteiger partial charge in [0, 0.05) is 53.0 Å². The molecule has 20 heavy (non-hydrogen) atoms. The molecule has 1 unspecified atom stereocenters. The Bertz CT molecular complexity index is 233. The molecule has 0 rings (SSSR count). The first-order valence-electron chi connectivity index (χ1n) is 7.09. The molecule has 0 aliphatic carbocycles. The van der Waals surface area contributed by atoms with Gasteiger partial charge in [-0.15, -0.1) is 0 Å². The fourth-order valence-corrected chi connectivity index (χ4v) is 3.89. The fraction of sp³-hybridized carbons (Fsp3) is 1.00. The summed E-state index contributed by atoms with van der Waals surface area (Å²) < 4.78 is 16.4. The summed E-state index contributed by atoms with van der Waals surface area (Å²) in [6.45, 7) is 3.14. The zero-order valence-corrected chi connectivity index (χ0v) is 15.2. The number of nitrogens with zero attached hydrogens (tertiary/aromatic N) is 2. The van der Waals surface area contributed by atoms with Gasteiger partial charge in [0.2, 0.25) is 0 Å². The molecule has 1 N–H and O–H groups in total. The number of hydrogen-bond acceptors (Lipinski definition) is 6. The average molecular weight is 308 g/mol. The Morgan fingerprint density at radius 1 is 1.00 bits per heavy atom. The number of nitrogens with one attached hydrogen (secondary N) is 1. The molecule has 0 heterocycles. The third kappa shape index (κ3) is 7.68. The van der Waals surface area contributed by atoms with E-state index in [0.717, 1.165) is 32.1 Å². The van der Waals surface area contributed by atoms with Gasteiger partial charge in [-0.05, 0) is 34.6 Å². The Hall–Kier alpha value is -0.0231. The molecule has 0 aromatic rings. The SMILES string of the molecule is CNC(CC[Si](OC)(OC)OC)CN(C)CCN(C)C. The summed E-state index contributed by atoms with van der Waals surface area (Å²) in [5.74, 6) is 0. The largest absolute Gasteiger partial charge is 0.500 e. The van der Waals surface area contributed by atoms with Crippen LogP contribution in [-0.4, -0.2) is 93.8 Å². The van der Waals surface area contributed by atoms with Crippen LogP contribution in [-0.2, 0) is 13.3 Å². The molecule has 0 amide bonds. The Kier molecular flexibility index (Phi) is 10.7. The molecule has 0 aromatic carbocycles. The molecule has 0 saturated carbocycles. The number of likely N-dealkylation sites (N-methyl/N-ethyl adjacent to an activating group) is 3. The summed E-state index contributed by atoms with van der Waals surface area (Å²) in [6.07, 6.45) is 0.977. The zero-order chi connectivity index (χ0) is 15.6. The van der Waals surface area contributed by atoms with E-state index in [4.69, 9.17) is 13.3 Å². The van der Waals surface area contributed by atoms with E-state index < -0.39 is 8.80 Å². The highest BCUT2D eigenvalue weighted by Crippen LogP contribution is 2.16. The molecule has 0 bridgehead atoms. The summed E-state index contributed by atoms with van der Waals surface area (Å²) >= 11 is 0. The van der Waals surface area contributed by atoms with E-state index in [0.29, 0.717) is 6.04 Å². The number of hydrogen-bond donors (Lipinski definition) is 1. The van der Waals surface area contributed by atoms with Crippen molar-refractivity contribution < 1.29 is 13.3 Å². The number of rotatable bonds is 12. The summed E-state index contributed by atoms with van der Waals surface area (Å²) in [6, 6.07) is 1.23. The zero-order valence-electron chi connectivity index (χ0n) is 14.2.